The molecule has 0 spiro atoms. The van der Waals surface area contributed by atoms with E-state index in [-0.39, 0.29) is 5.63 Å². The Morgan fingerprint density at radius 3 is 2.89 bits per heavy atom. The second kappa shape index (κ2) is 6.39. The molecule has 4 heteroatoms. The lowest BCUT2D eigenvalue weighted by Crippen LogP contribution is -3.09. The van der Waals surface area contributed by atoms with Gasteiger partial charge in [0.2, 0.25) is 0 Å². The molecule has 3 heterocycles. The molecule has 1 N–H and O–H groups in total. The summed E-state index contributed by atoms with van der Waals surface area (Å²) in [6.07, 6.45) is 4.52. The summed E-state index contributed by atoms with van der Waals surface area (Å²) in [5.41, 5.74) is 2.89. The molecule has 1 aliphatic heterocycles. The zero-order valence-corrected chi connectivity index (χ0v) is 15.4. The van der Waals surface area contributed by atoms with E-state index in [0.717, 1.165) is 29.4 Å². The van der Waals surface area contributed by atoms with E-state index in [9.17, 15) is 4.79 Å². The molecule has 0 amide bonds. The third-order valence-electron chi connectivity index (χ3n) is 5.96. The van der Waals surface area contributed by atoms with Gasteiger partial charge >= 0.3 is 5.63 Å². The van der Waals surface area contributed by atoms with E-state index in [1.54, 1.807) is 6.07 Å². The predicted octanol–water partition coefficient (Wildman–Crippen LogP) is 3.20. The average Bonchev–Trinajstić information content (AvgIpc) is 3.29. The monoisotopic (exact) mass is 359 g/mol. The summed E-state index contributed by atoms with van der Waals surface area (Å²) in [5, 5.41) is 3.41. The average molecular weight is 359 g/mol. The van der Waals surface area contributed by atoms with Crippen LogP contribution in [0, 0.1) is 0 Å². The number of aryl methyl sites for hydroxylation is 1. The Balaban J connectivity index is 1.63. The number of fused-ring (bicyclic) bond motifs is 3. The lowest BCUT2D eigenvalue weighted by Gasteiger charge is -2.23. The maximum absolute atomic E-state index is 12.2. The second-order valence-corrected chi connectivity index (χ2v) is 7.57. The van der Waals surface area contributed by atoms with Crippen molar-refractivity contribution in [3.8, 4) is 0 Å². The molecule has 2 atom stereocenters. The first-order valence-electron chi connectivity index (χ1n) is 9.61. The first kappa shape index (κ1) is 16.3. The third kappa shape index (κ3) is 2.77. The van der Waals surface area contributed by atoms with Crippen LogP contribution in [0.25, 0.3) is 21.7 Å². The maximum Gasteiger partial charge on any atom is 0.336 e. The molecule has 0 radical (unpaired) electrons. The highest BCUT2D eigenvalue weighted by Crippen LogP contribution is 2.28. The molecule has 0 bridgehead atoms. The van der Waals surface area contributed by atoms with Gasteiger partial charge in [0.05, 0.1) is 12.2 Å². The van der Waals surface area contributed by atoms with Gasteiger partial charge in [-0.25, -0.2) is 4.79 Å². The minimum Gasteiger partial charge on any atom is -0.423 e. The summed E-state index contributed by atoms with van der Waals surface area (Å²) in [6.45, 7) is 1.97. The van der Waals surface area contributed by atoms with Crippen LogP contribution in [0.2, 0.25) is 0 Å². The van der Waals surface area contributed by atoms with Crippen LogP contribution >= 0.6 is 0 Å². The van der Waals surface area contributed by atoms with Gasteiger partial charge in [0.1, 0.15) is 18.2 Å². The lowest BCUT2D eigenvalue weighted by molar-refractivity contribution is -0.932. The summed E-state index contributed by atoms with van der Waals surface area (Å²) in [7, 11) is 2.12. The standard InChI is InChI=1S/C23H22N2O2/c1-24-12-4-8-19(24)20-9-5-13-25(20)15-17-14-22(26)27-21-11-10-16-6-2-3-7-18(16)23(17)21/h2-4,6-8,10-12,14,20H,5,9,13,15H2,1H3/p+1/t20-/m0/s1. The van der Waals surface area contributed by atoms with Gasteiger partial charge in [0, 0.05) is 43.1 Å². The van der Waals surface area contributed by atoms with Crippen LogP contribution in [0.5, 0.6) is 0 Å². The molecule has 1 saturated heterocycles. The Bertz CT molecular complexity index is 1190. The molecular formula is C23H23N2O2+. The summed E-state index contributed by atoms with van der Waals surface area (Å²) in [4.78, 5) is 13.7. The Hall–Kier alpha value is -2.85. The third-order valence-corrected chi connectivity index (χ3v) is 5.96. The minimum absolute atomic E-state index is 0.262. The first-order chi connectivity index (χ1) is 13.2. The molecule has 2 aromatic heterocycles. The molecular weight excluding hydrogens is 336 g/mol. The van der Waals surface area contributed by atoms with Gasteiger partial charge in [-0.05, 0) is 29.0 Å². The number of hydrogen-bond acceptors (Lipinski definition) is 2. The molecule has 1 aliphatic rings. The number of nitrogens with one attached hydrogen (secondary N) is 1. The highest BCUT2D eigenvalue weighted by molar-refractivity contribution is 6.06. The van der Waals surface area contributed by atoms with Gasteiger partial charge < -0.3 is 13.9 Å². The zero-order chi connectivity index (χ0) is 18.4. The van der Waals surface area contributed by atoms with Crippen molar-refractivity contribution in [2.45, 2.75) is 25.4 Å². The topological polar surface area (TPSA) is 39.6 Å². The van der Waals surface area contributed by atoms with E-state index in [4.69, 9.17) is 4.42 Å². The van der Waals surface area contributed by atoms with Gasteiger partial charge in [-0.1, -0.05) is 30.3 Å². The fourth-order valence-corrected chi connectivity index (χ4v) is 4.72. The number of nitrogens with zero attached hydrogens (tertiary/aromatic N) is 1. The van der Waals surface area contributed by atoms with Gasteiger partial charge in [-0.2, -0.15) is 0 Å². The van der Waals surface area contributed by atoms with Crippen LogP contribution in [-0.4, -0.2) is 11.1 Å². The van der Waals surface area contributed by atoms with Gasteiger partial charge in [-0.15, -0.1) is 0 Å². The van der Waals surface area contributed by atoms with Crippen molar-refractivity contribution >= 4 is 21.7 Å². The van der Waals surface area contributed by atoms with Crippen LogP contribution in [0.15, 0.2) is 70.0 Å². The molecule has 0 saturated carbocycles. The van der Waals surface area contributed by atoms with Gasteiger partial charge in [0.25, 0.3) is 0 Å². The Labute approximate surface area is 157 Å². The molecule has 27 heavy (non-hydrogen) atoms. The number of hydrogen-bond donors (Lipinski definition) is 1. The molecule has 1 fully saturated rings. The predicted molar refractivity (Wildman–Crippen MR) is 107 cm³/mol. The Morgan fingerprint density at radius 1 is 1.15 bits per heavy atom. The van der Waals surface area contributed by atoms with E-state index < -0.39 is 0 Å². The number of quaternary nitrogens is 1. The van der Waals surface area contributed by atoms with Crippen molar-refractivity contribution in [2.75, 3.05) is 6.54 Å². The SMILES string of the molecule is Cn1cccc1[C@@H]1CCC[NH+]1Cc1cc(=O)oc2ccc3ccccc3c12. The van der Waals surface area contributed by atoms with Crippen molar-refractivity contribution in [3.05, 3.63) is 82.5 Å². The summed E-state index contributed by atoms with van der Waals surface area (Å²) < 4.78 is 7.75. The molecule has 1 unspecified atom stereocenters. The fraction of sp³-hybridized carbons (Fsp3) is 0.261. The normalized spacial score (nSPS) is 19.9. The van der Waals surface area contributed by atoms with Crippen molar-refractivity contribution in [1.82, 2.24) is 4.57 Å². The molecule has 4 aromatic rings. The molecule has 136 valence electrons. The summed E-state index contributed by atoms with van der Waals surface area (Å²) in [6, 6.07) is 18.8. The maximum atomic E-state index is 12.2. The van der Waals surface area contributed by atoms with Gasteiger partial charge in [0.15, 0.2) is 0 Å². The quantitative estimate of drug-likeness (QED) is 0.451. The highest BCUT2D eigenvalue weighted by Gasteiger charge is 2.32. The van der Waals surface area contributed by atoms with E-state index in [1.807, 2.05) is 24.3 Å². The Morgan fingerprint density at radius 2 is 2.04 bits per heavy atom. The largest absolute Gasteiger partial charge is 0.423 e. The van der Waals surface area contributed by atoms with E-state index in [0.29, 0.717) is 11.6 Å². The Kier molecular flexibility index (Phi) is 3.87. The molecule has 5 rings (SSSR count). The van der Waals surface area contributed by atoms with Crippen molar-refractivity contribution in [2.24, 2.45) is 7.05 Å². The number of aromatic nitrogens is 1. The molecule has 4 nitrogen and oxygen atoms in total. The van der Waals surface area contributed by atoms with Gasteiger partial charge in [-0.3, -0.25) is 0 Å². The number of likely N-dealkylation sites (tertiary alicyclic amines) is 1. The highest BCUT2D eigenvalue weighted by atomic mass is 16.4. The zero-order valence-electron chi connectivity index (χ0n) is 15.4. The van der Waals surface area contributed by atoms with Crippen LogP contribution < -0.4 is 10.5 Å². The molecule has 0 aliphatic carbocycles. The number of rotatable bonds is 3. The first-order valence-corrected chi connectivity index (χ1v) is 9.61. The smallest absolute Gasteiger partial charge is 0.336 e. The minimum atomic E-state index is -0.262. The van der Waals surface area contributed by atoms with Crippen LogP contribution in [0.3, 0.4) is 0 Å². The summed E-state index contributed by atoms with van der Waals surface area (Å²) >= 11 is 0. The fourth-order valence-electron chi connectivity index (χ4n) is 4.72. The van der Waals surface area contributed by atoms with Crippen molar-refractivity contribution < 1.29 is 9.32 Å². The van der Waals surface area contributed by atoms with E-state index >= 15 is 0 Å². The van der Waals surface area contributed by atoms with Crippen molar-refractivity contribution in [3.63, 3.8) is 0 Å². The van der Waals surface area contributed by atoms with E-state index in [2.05, 4.69) is 42.1 Å². The number of benzene rings is 2. The van der Waals surface area contributed by atoms with Crippen LogP contribution in [0.4, 0.5) is 0 Å². The van der Waals surface area contributed by atoms with Crippen LogP contribution in [-0.2, 0) is 13.6 Å². The lowest BCUT2D eigenvalue weighted by atomic mass is 10.0. The summed E-state index contributed by atoms with van der Waals surface area (Å²) in [5.74, 6) is 0. The van der Waals surface area contributed by atoms with E-state index in [1.165, 1.54) is 28.8 Å². The van der Waals surface area contributed by atoms with Crippen molar-refractivity contribution in [1.29, 1.82) is 0 Å². The second-order valence-electron chi connectivity index (χ2n) is 7.57. The van der Waals surface area contributed by atoms with Crippen LogP contribution in [0.1, 0.15) is 30.1 Å². The molecule has 2 aromatic carbocycles.